The molecule has 0 aliphatic heterocycles. The zero-order chi connectivity index (χ0) is 52.2. The van der Waals surface area contributed by atoms with E-state index in [2.05, 4.69) is 106 Å². The average Bonchev–Trinajstić information content (AvgIpc) is 3.38. The molecule has 0 bridgehead atoms. The maximum absolute atomic E-state index is 12.9. The monoisotopic (exact) mass is 1000 g/mol. The topological polar surface area (TPSA) is 78.9 Å². The van der Waals surface area contributed by atoms with Crippen molar-refractivity contribution in [3.63, 3.8) is 0 Å². The van der Waals surface area contributed by atoms with Crippen molar-refractivity contribution >= 4 is 17.9 Å². The highest BCUT2D eigenvalue weighted by Crippen LogP contribution is 2.16. The first-order valence-corrected chi connectivity index (χ1v) is 30.2. The number of rotatable bonds is 54. The Labute approximate surface area is 445 Å². The fourth-order valence-electron chi connectivity index (χ4n) is 8.35. The molecule has 0 fully saturated rings. The number of esters is 3. The zero-order valence-electron chi connectivity index (χ0n) is 47.2. The molecule has 0 aromatic rings. The van der Waals surface area contributed by atoms with Crippen LogP contribution in [-0.2, 0) is 28.6 Å². The highest BCUT2D eigenvalue weighted by Gasteiger charge is 2.19. The lowest BCUT2D eigenvalue weighted by molar-refractivity contribution is -0.166. The Hall–Kier alpha value is -3.67. The van der Waals surface area contributed by atoms with Gasteiger partial charge >= 0.3 is 17.9 Å². The highest BCUT2D eigenvalue weighted by atomic mass is 16.6. The molecule has 0 aromatic carbocycles. The standard InChI is InChI=1S/C66H112O6/c1-4-7-10-13-16-19-22-25-28-30-31-32-33-34-35-36-39-41-44-47-50-53-56-59-65(68)71-62-63(61-70-64(67)58-55-52-49-46-43-40-37-27-24-21-18-15-12-9-6-3)72-66(69)60-57-54-51-48-45-42-38-29-26-23-20-17-14-11-8-5-2/h9,12,18,21-22,25,27,30-31,33-34,37,43,46,52,55,63H,4-8,10-11,13-17,19-20,23-24,26,28-29,32,35-36,38-42,44-45,47-51,53-54,56-62H2,1-3H3/b12-9-,21-18-,25-22-,31-30-,34-33-,37-27-,46-43-,55-52-. The summed E-state index contributed by atoms with van der Waals surface area (Å²) >= 11 is 0. The molecule has 0 spiro atoms. The van der Waals surface area contributed by atoms with Gasteiger partial charge in [0.15, 0.2) is 6.10 Å². The predicted molar refractivity (Wildman–Crippen MR) is 311 cm³/mol. The summed E-state index contributed by atoms with van der Waals surface area (Å²) < 4.78 is 16.8. The highest BCUT2D eigenvalue weighted by molar-refractivity contribution is 5.72. The van der Waals surface area contributed by atoms with Gasteiger partial charge in [-0.3, -0.25) is 14.4 Å². The molecule has 0 aliphatic carbocycles. The predicted octanol–water partition coefficient (Wildman–Crippen LogP) is 20.5. The zero-order valence-corrected chi connectivity index (χ0v) is 47.2. The second-order valence-corrected chi connectivity index (χ2v) is 19.9. The maximum atomic E-state index is 12.9. The summed E-state index contributed by atoms with van der Waals surface area (Å²) in [6, 6.07) is 0. The van der Waals surface area contributed by atoms with E-state index in [1.165, 1.54) is 154 Å². The van der Waals surface area contributed by atoms with Crippen molar-refractivity contribution < 1.29 is 28.6 Å². The van der Waals surface area contributed by atoms with Crippen LogP contribution in [-0.4, -0.2) is 37.2 Å². The lowest BCUT2D eigenvalue weighted by Gasteiger charge is -2.18. The van der Waals surface area contributed by atoms with Crippen molar-refractivity contribution in [3.05, 3.63) is 97.2 Å². The lowest BCUT2D eigenvalue weighted by Crippen LogP contribution is -2.30. The van der Waals surface area contributed by atoms with E-state index in [0.717, 1.165) is 89.9 Å². The van der Waals surface area contributed by atoms with E-state index in [0.29, 0.717) is 12.8 Å². The van der Waals surface area contributed by atoms with Crippen LogP contribution >= 0.6 is 0 Å². The average molecular weight is 1000 g/mol. The minimum Gasteiger partial charge on any atom is -0.462 e. The third kappa shape index (κ3) is 57.2. The minimum absolute atomic E-state index is 0.110. The van der Waals surface area contributed by atoms with Crippen molar-refractivity contribution in [2.45, 2.75) is 290 Å². The Kier molecular flexibility index (Phi) is 56.8. The van der Waals surface area contributed by atoms with E-state index in [4.69, 9.17) is 14.2 Å². The number of hydrogen-bond donors (Lipinski definition) is 0. The first-order chi connectivity index (χ1) is 35.5. The van der Waals surface area contributed by atoms with Crippen LogP contribution < -0.4 is 0 Å². The molecule has 0 aromatic heterocycles. The summed E-state index contributed by atoms with van der Waals surface area (Å²) in [7, 11) is 0. The van der Waals surface area contributed by atoms with Crippen molar-refractivity contribution in [3.8, 4) is 0 Å². The maximum Gasteiger partial charge on any atom is 0.309 e. The van der Waals surface area contributed by atoms with E-state index < -0.39 is 12.1 Å². The van der Waals surface area contributed by atoms with Gasteiger partial charge in [-0.15, -0.1) is 0 Å². The second kappa shape index (κ2) is 59.9. The number of allylic oxidation sites excluding steroid dienone is 15. The molecular formula is C66H112O6. The SMILES string of the molecule is CC/C=C\C/C=C\C/C=C\C/C=C\C/C=C\CC(=O)OCC(COC(=O)CCCCCCCCCC/C=C\C/C=C\C/C=C\CCCCCCC)OC(=O)CCCCCCCCCCCCCCCCCC. The van der Waals surface area contributed by atoms with E-state index in [1.807, 2.05) is 6.08 Å². The Morgan fingerprint density at radius 3 is 0.972 bits per heavy atom. The molecule has 0 amide bonds. The van der Waals surface area contributed by atoms with Crippen molar-refractivity contribution in [2.75, 3.05) is 13.2 Å². The van der Waals surface area contributed by atoms with Gasteiger partial charge in [0, 0.05) is 12.8 Å². The first-order valence-electron chi connectivity index (χ1n) is 30.2. The molecule has 1 atom stereocenters. The van der Waals surface area contributed by atoms with Gasteiger partial charge in [-0.1, -0.05) is 279 Å². The molecule has 6 heteroatoms. The van der Waals surface area contributed by atoms with E-state index in [9.17, 15) is 14.4 Å². The van der Waals surface area contributed by atoms with Crippen LogP contribution in [0.25, 0.3) is 0 Å². The number of carbonyl (C=O) groups is 3. The third-order valence-corrected chi connectivity index (χ3v) is 12.9. The Bertz CT molecular complexity index is 1430. The van der Waals surface area contributed by atoms with Crippen LogP contribution in [0.2, 0.25) is 0 Å². The summed E-state index contributed by atoms with van der Waals surface area (Å²) in [4.78, 5) is 38.2. The van der Waals surface area contributed by atoms with Crippen molar-refractivity contribution in [2.24, 2.45) is 0 Å². The van der Waals surface area contributed by atoms with Gasteiger partial charge in [0.2, 0.25) is 0 Å². The lowest BCUT2D eigenvalue weighted by atomic mass is 10.0. The van der Waals surface area contributed by atoms with Gasteiger partial charge in [0.1, 0.15) is 13.2 Å². The molecule has 0 heterocycles. The molecule has 0 rings (SSSR count). The molecule has 6 nitrogen and oxygen atoms in total. The Morgan fingerprint density at radius 2 is 0.597 bits per heavy atom. The van der Waals surface area contributed by atoms with Gasteiger partial charge < -0.3 is 14.2 Å². The van der Waals surface area contributed by atoms with Crippen LogP contribution in [0.1, 0.15) is 284 Å². The number of ether oxygens (including phenoxy) is 3. The van der Waals surface area contributed by atoms with E-state index >= 15 is 0 Å². The fourth-order valence-corrected chi connectivity index (χ4v) is 8.35. The second-order valence-electron chi connectivity index (χ2n) is 19.9. The Morgan fingerprint density at radius 1 is 0.306 bits per heavy atom. The molecule has 0 radical (unpaired) electrons. The van der Waals surface area contributed by atoms with Crippen LogP contribution in [0.5, 0.6) is 0 Å². The number of unbranched alkanes of at least 4 members (excludes halogenated alkanes) is 28. The molecule has 412 valence electrons. The van der Waals surface area contributed by atoms with E-state index in [1.54, 1.807) is 6.08 Å². The number of hydrogen-bond acceptors (Lipinski definition) is 6. The van der Waals surface area contributed by atoms with Crippen LogP contribution in [0.15, 0.2) is 97.2 Å². The molecule has 72 heavy (non-hydrogen) atoms. The fraction of sp³-hybridized carbons (Fsp3) is 0.712. The minimum atomic E-state index is -0.820. The van der Waals surface area contributed by atoms with Crippen molar-refractivity contribution in [1.82, 2.24) is 0 Å². The molecule has 0 N–H and O–H groups in total. The van der Waals surface area contributed by atoms with Gasteiger partial charge in [-0.2, -0.15) is 0 Å². The molecule has 0 saturated carbocycles. The summed E-state index contributed by atoms with van der Waals surface area (Å²) in [6.07, 6.45) is 80.0. The summed E-state index contributed by atoms with van der Waals surface area (Å²) in [5.74, 6) is -1.04. The molecule has 1 unspecified atom stereocenters. The Balaban J connectivity index is 4.44. The molecule has 0 saturated heterocycles. The number of carbonyl (C=O) groups excluding carboxylic acids is 3. The van der Waals surface area contributed by atoms with Crippen LogP contribution in [0, 0.1) is 0 Å². The quantitative estimate of drug-likeness (QED) is 0.0261. The van der Waals surface area contributed by atoms with Crippen molar-refractivity contribution in [1.29, 1.82) is 0 Å². The summed E-state index contributed by atoms with van der Waals surface area (Å²) in [5.41, 5.74) is 0. The first kappa shape index (κ1) is 68.3. The molecular weight excluding hydrogens is 889 g/mol. The van der Waals surface area contributed by atoms with Crippen LogP contribution in [0.4, 0.5) is 0 Å². The third-order valence-electron chi connectivity index (χ3n) is 12.9. The summed E-state index contributed by atoms with van der Waals surface area (Å²) in [6.45, 7) is 6.44. The smallest absolute Gasteiger partial charge is 0.309 e. The molecule has 0 aliphatic rings. The van der Waals surface area contributed by atoms with Crippen LogP contribution in [0.3, 0.4) is 0 Å². The summed E-state index contributed by atoms with van der Waals surface area (Å²) in [5, 5.41) is 0. The van der Waals surface area contributed by atoms with Gasteiger partial charge in [-0.25, -0.2) is 0 Å². The van der Waals surface area contributed by atoms with Gasteiger partial charge in [-0.05, 0) is 83.5 Å². The van der Waals surface area contributed by atoms with Gasteiger partial charge in [0.05, 0.1) is 6.42 Å². The van der Waals surface area contributed by atoms with E-state index in [-0.39, 0.29) is 31.6 Å². The largest absolute Gasteiger partial charge is 0.462 e. The van der Waals surface area contributed by atoms with Gasteiger partial charge in [0.25, 0.3) is 0 Å². The normalized spacial score (nSPS) is 12.8.